The van der Waals surface area contributed by atoms with E-state index in [1.807, 2.05) is 13.8 Å². The summed E-state index contributed by atoms with van der Waals surface area (Å²) in [5, 5.41) is 0. The van der Waals surface area contributed by atoms with Crippen LogP contribution in [0.4, 0.5) is 9.59 Å². The Labute approximate surface area is 190 Å². The van der Waals surface area contributed by atoms with Crippen LogP contribution in [0.1, 0.15) is 79.1 Å². The second kappa shape index (κ2) is 21.8. The number of carbonyl (C=O) groups excluding carboxylic acids is 2. The summed E-state index contributed by atoms with van der Waals surface area (Å²) in [6.07, 6.45) is 6.21. The Hall–Kier alpha value is -0.850. The Morgan fingerprint density at radius 1 is 0.793 bits per heavy atom. The van der Waals surface area contributed by atoms with Gasteiger partial charge in [0.25, 0.3) is 0 Å². The maximum atomic E-state index is 11.4. The number of rotatable bonds is 12. The van der Waals surface area contributed by atoms with Crippen molar-refractivity contribution < 1.29 is 28.8 Å². The molecule has 6 nitrogen and oxygen atoms in total. The molecule has 0 saturated heterocycles. The van der Waals surface area contributed by atoms with E-state index < -0.39 is 12.3 Å². The van der Waals surface area contributed by atoms with Gasteiger partial charge in [0.1, 0.15) is 4.49 Å². The SMILES string of the molecule is CCCCC(CC)COC(=O)OOC(=O)OCC(CC)CCCC.ClC=C(Cl)Cl. The normalized spacial score (nSPS) is 12.0. The zero-order chi connectivity index (χ0) is 22.5. The average Bonchev–Trinajstić information content (AvgIpc) is 2.72. The zero-order valence-corrected chi connectivity index (χ0v) is 20.2. The van der Waals surface area contributed by atoms with Crippen LogP contribution in [0.25, 0.3) is 0 Å². The first-order valence-corrected chi connectivity index (χ1v) is 11.3. The average molecular weight is 478 g/mol. The third-order valence-corrected chi connectivity index (χ3v) is 4.88. The summed E-state index contributed by atoms with van der Waals surface area (Å²) in [5.74, 6) is 0.599. The molecule has 0 radical (unpaired) electrons. The monoisotopic (exact) mass is 476 g/mol. The smallest absolute Gasteiger partial charge is 0.431 e. The molecule has 0 fully saturated rings. The molecular formula is C20H35Cl3O6. The number of carbonyl (C=O) groups is 2. The van der Waals surface area contributed by atoms with Crippen molar-refractivity contribution in [3.8, 4) is 0 Å². The van der Waals surface area contributed by atoms with Gasteiger partial charge < -0.3 is 9.47 Å². The Kier molecular flexibility index (Phi) is 22.9. The highest BCUT2D eigenvalue weighted by atomic mass is 35.5. The second-order valence-electron chi connectivity index (χ2n) is 6.52. The molecule has 0 aliphatic carbocycles. The summed E-state index contributed by atoms with van der Waals surface area (Å²) >= 11 is 14.8. The molecule has 0 saturated carbocycles. The molecule has 172 valence electrons. The highest BCUT2D eigenvalue weighted by Gasteiger charge is 2.16. The first-order valence-electron chi connectivity index (χ1n) is 10.1. The molecule has 2 atom stereocenters. The number of ether oxygens (including phenoxy) is 2. The van der Waals surface area contributed by atoms with Gasteiger partial charge in [-0.3, -0.25) is 0 Å². The van der Waals surface area contributed by atoms with Crippen LogP contribution < -0.4 is 0 Å². The van der Waals surface area contributed by atoms with Gasteiger partial charge in [-0.1, -0.05) is 101 Å². The van der Waals surface area contributed by atoms with Crippen molar-refractivity contribution in [1.29, 1.82) is 0 Å². The minimum Gasteiger partial charge on any atom is -0.431 e. The molecule has 0 aromatic rings. The van der Waals surface area contributed by atoms with E-state index in [0.717, 1.165) is 56.9 Å². The second-order valence-corrected chi connectivity index (χ2v) is 7.75. The Morgan fingerprint density at radius 3 is 1.38 bits per heavy atom. The van der Waals surface area contributed by atoms with Crippen molar-refractivity contribution in [1.82, 2.24) is 0 Å². The molecule has 0 aromatic heterocycles. The Morgan fingerprint density at radius 2 is 1.14 bits per heavy atom. The van der Waals surface area contributed by atoms with E-state index in [0.29, 0.717) is 11.8 Å². The standard InChI is InChI=1S/C18H34O6.C2HCl3/c1-5-9-11-15(7-3)13-21-17(19)23-24-18(20)22-14-16(8-4)12-10-6-2;3-1-2(4)5/h15-16H,5-14H2,1-4H3;1H. The van der Waals surface area contributed by atoms with Gasteiger partial charge in [-0.2, -0.15) is 19.4 Å². The molecule has 9 heteroatoms. The van der Waals surface area contributed by atoms with E-state index in [9.17, 15) is 9.59 Å². The molecule has 0 spiro atoms. The topological polar surface area (TPSA) is 71.1 Å². The van der Waals surface area contributed by atoms with Gasteiger partial charge in [0.15, 0.2) is 0 Å². The van der Waals surface area contributed by atoms with Crippen LogP contribution in [0.5, 0.6) is 0 Å². The van der Waals surface area contributed by atoms with Crippen molar-refractivity contribution in [3.05, 3.63) is 10.0 Å². The largest absolute Gasteiger partial charge is 0.550 e. The zero-order valence-electron chi connectivity index (χ0n) is 17.9. The van der Waals surface area contributed by atoms with Crippen LogP contribution in [0.3, 0.4) is 0 Å². The van der Waals surface area contributed by atoms with E-state index in [2.05, 4.69) is 23.6 Å². The maximum Gasteiger partial charge on any atom is 0.550 e. The minimum atomic E-state index is -1.01. The highest BCUT2D eigenvalue weighted by Crippen LogP contribution is 2.14. The summed E-state index contributed by atoms with van der Waals surface area (Å²) < 4.78 is 9.99. The number of hydrogen-bond acceptors (Lipinski definition) is 6. The van der Waals surface area contributed by atoms with E-state index in [4.69, 9.17) is 44.3 Å². The lowest BCUT2D eigenvalue weighted by molar-refractivity contribution is -0.219. The van der Waals surface area contributed by atoms with Crippen molar-refractivity contribution in [2.75, 3.05) is 13.2 Å². The van der Waals surface area contributed by atoms with Crippen molar-refractivity contribution in [2.45, 2.75) is 79.1 Å². The van der Waals surface area contributed by atoms with Crippen molar-refractivity contribution in [2.24, 2.45) is 11.8 Å². The van der Waals surface area contributed by atoms with Gasteiger partial charge in [0.05, 0.1) is 13.2 Å². The third-order valence-electron chi connectivity index (χ3n) is 4.22. The molecule has 0 aliphatic rings. The Balaban J connectivity index is 0. The maximum absolute atomic E-state index is 11.4. The molecule has 2 unspecified atom stereocenters. The molecule has 0 bridgehead atoms. The number of hydrogen-bond donors (Lipinski definition) is 0. The quantitative estimate of drug-likeness (QED) is 0.160. The molecule has 0 aliphatic heterocycles. The van der Waals surface area contributed by atoms with Gasteiger partial charge in [0.2, 0.25) is 0 Å². The molecule has 0 amide bonds. The first-order chi connectivity index (χ1) is 13.8. The molecule has 0 heterocycles. The molecule has 0 N–H and O–H groups in total. The molecule has 29 heavy (non-hydrogen) atoms. The van der Waals surface area contributed by atoms with E-state index in [1.165, 1.54) is 0 Å². The lowest BCUT2D eigenvalue weighted by Gasteiger charge is -2.14. The lowest BCUT2D eigenvalue weighted by atomic mass is 10.0. The first kappa shape index (κ1) is 30.3. The van der Waals surface area contributed by atoms with Crippen molar-refractivity contribution >= 4 is 47.1 Å². The van der Waals surface area contributed by atoms with Gasteiger partial charge in [-0.05, 0) is 24.7 Å². The minimum absolute atomic E-state index is 0.0895. The fraction of sp³-hybridized carbons (Fsp3) is 0.800. The third kappa shape index (κ3) is 21.7. The summed E-state index contributed by atoms with van der Waals surface area (Å²) in [7, 11) is 0. The molecular weight excluding hydrogens is 443 g/mol. The number of halogens is 3. The predicted molar refractivity (Wildman–Crippen MR) is 117 cm³/mol. The van der Waals surface area contributed by atoms with Gasteiger partial charge in [-0.25, -0.2) is 0 Å². The summed E-state index contributed by atoms with van der Waals surface area (Å²) in [5.41, 5.74) is 1.09. The highest BCUT2D eigenvalue weighted by molar-refractivity contribution is 6.58. The fourth-order valence-electron chi connectivity index (χ4n) is 2.28. The predicted octanol–water partition coefficient (Wildman–Crippen LogP) is 8.14. The Bertz CT molecular complexity index is 410. The van der Waals surface area contributed by atoms with E-state index in [-0.39, 0.29) is 17.7 Å². The van der Waals surface area contributed by atoms with Crippen LogP contribution in [-0.2, 0) is 19.2 Å². The van der Waals surface area contributed by atoms with Crippen LogP contribution >= 0.6 is 34.8 Å². The van der Waals surface area contributed by atoms with Gasteiger partial charge >= 0.3 is 12.3 Å². The van der Waals surface area contributed by atoms with E-state index in [1.54, 1.807) is 0 Å². The lowest BCUT2D eigenvalue weighted by Crippen LogP contribution is -2.19. The van der Waals surface area contributed by atoms with Gasteiger partial charge in [0, 0.05) is 5.54 Å². The van der Waals surface area contributed by atoms with Gasteiger partial charge in [-0.15, -0.1) is 0 Å². The van der Waals surface area contributed by atoms with E-state index >= 15 is 0 Å². The fourth-order valence-corrected chi connectivity index (χ4v) is 2.28. The summed E-state index contributed by atoms with van der Waals surface area (Å²) in [4.78, 5) is 31.4. The summed E-state index contributed by atoms with van der Waals surface area (Å²) in [6.45, 7) is 8.86. The molecule has 0 rings (SSSR count). The molecule has 0 aromatic carbocycles. The van der Waals surface area contributed by atoms with Crippen LogP contribution in [0.15, 0.2) is 10.0 Å². The summed E-state index contributed by atoms with van der Waals surface area (Å²) in [6, 6.07) is 0. The van der Waals surface area contributed by atoms with Crippen LogP contribution in [-0.4, -0.2) is 25.5 Å². The van der Waals surface area contributed by atoms with Crippen molar-refractivity contribution in [3.63, 3.8) is 0 Å². The number of unbranched alkanes of at least 4 members (excludes halogenated alkanes) is 2. The van der Waals surface area contributed by atoms with Crippen LogP contribution in [0, 0.1) is 11.8 Å². The van der Waals surface area contributed by atoms with Crippen LogP contribution in [0.2, 0.25) is 0 Å².